The van der Waals surface area contributed by atoms with Crippen LogP contribution in [-0.4, -0.2) is 38.1 Å². The summed E-state index contributed by atoms with van der Waals surface area (Å²) in [5.74, 6) is -0.304. The summed E-state index contributed by atoms with van der Waals surface area (Å²) in [6.45, 7) is 8.67. The Balaban J connectivity index is 1.69. The molecule has 0 radical (unpaired) electrons. The smallest absolute Gasteiger partial charge is 0.273 e. The number of amides is 2. The minimum atomic E-state index is -1.08. The predicted molar refractivity (Wildman–Crippen MR) is 135 cm³/mol. The second-order valence-corrected chi connectivity index (χ2v) is 11.5. The van der Waals surface area contributed by atoms with Gasteiger partial charge in [0.05, 0.1) is 12.2 Å². The number of hydrogen-bond acceptors (Lipinski definition) is 3. The van der Waals surface area contributed by atoms with Crippen molar-refractivity contribution in [3.63, 3.8) is 0 Å². The third-order valence-corrected chi connectivity index (χ3v) is 7.65. The molecular weight excluding hydrogens is 448 g/mol. The molecule has 1 fully saturated rings. The Morgan fingerprint density at radius 3 is 2.44 bits per heavy atom. The highest BCUT2D eigenvalue weighted by atomic mass is 35.5. The maximum Gasteiger partial charge on any atom is 0.273 e. The van der Waals surface area contributed by atoms with Crippen LogP contribution >= 0.6 is 11.6 Å². The Labute approximate surface area is 208 Å². The van der Waals surface area contributed by atoms with Crippen LogP contribution in [0.1, 0.15) is 94.4 Å². The Morgan fingerprint density at radius 1 is 1.15 bits per heavy atom. The number of carbonyl (C=O) groups is 2. The summed E-state index contributed by atoms with van der Waals surface area (Å²) >= 11 is 6.46. The van der Waals surface area contributed by atoms with Crippen molar-refractivity contribution in [3.8, 4) is 0 Å². The maximum atomic E-state index is 13.9. The average molecular weight is 485 g/mol. The van der Waals surface area contributed by atoms with E-state index in [1.54, 1.807) is 9.58 Å². The number of benzene rings is 1. The van der Waals surface area contributed by atoms with E-state index in [4.69, 9.17) is 16.7 Å². The molecular formula is C27H37ClN4O2. The van der Waals surface area contributed by atoms with Gasteiger partial charge in [0.2, 0.25) is 5.91 Å². The van der Waals surface area contributed by atoms with Gasteiger partial charge in [-0.3, -0.25) is 14.3 Å². The van der Waals surface area contributed by atoms with Crippen molar-refractivity contribution in [1.29, 1.82) is 0 Å². The number of halogens is 1. The summed E-state index contributed by atoms with van der Waals surface area (Å²) in [6, 6.07) is 9.52. The highest BCUT2D eigenvalue weighted by Gasteiger charge is 2.48. The van der Waals surface area contributed by atoms with E-state index in [1.165, 1.54) is 19.3 Å². The first kappa shape index (κ1) is 24.8. The summed E-state index contributed by atoms with van der Waals surface area (Å²) in [5, 5.41) is 8.65. The fourth-order valence-corrected chi connectivity index (χ4v) is 5.19. The number of hydrogen-bond donors (Lipinski definition) is 1. The molecule has 2 amide bonds. The molecule has 0 saturated heterocycles. The Kier molecular flexibility index (Phi) is 7.09. The fraction of sp³-hybridized carbons (Fsp3) is 0.593. The van der Waals surface area contributed by atoms with Crippen LogP contribution in [0.2, 0.25) is 5.02 Å². The fourth-order valence-electron chi connectivity index (χ4n) is 4.99. The van der Waals surface area contributed by atoms with Crippen LogP contribution in [0.5, 0.6) is 0 Å². The minimum Gasteiger partial charge on any atom is -0.351 e. The van der Waals surface area contributed by atoms with Crippen molar-refractivity contribution < 1.29 is 9.59 Å². The number of carbonyl (C=O) groups excluding carboxylic acids is 2. The van der Waals surface area contributed by atoms with Gasteiger partial charge in [0.15, 0.2) is 0 Å². The van der Waals surface area contributed by atoms with Crippen molar-refractivity contribution in [1.82, 2.24) is 20.0 Å². The molecule has 1 N–H and O–H groups in total. The molecule has 1 aliphatic carbocycles. The molecule has 2 heterocycles. The van der Waals surface area contributed by atoms with E-state index in [0.29, 0.717) is 17.3 Å². The first-order valence-electron chi connectivity index (χ1n) is 12.5. The van der Waals surface area contributed by atoms with Gasteiger partial charge in [-0.15, -0.1) is 0 Å². The van der Waals surface area contributed by atoms with Crippen LogP contribution < -0.4 is 5.32 Å². The standard InChI is InChI=1S/C27H37ClN4O2/c1-26(2,3)23-16-22-24(33)31(17-19-12-10-11-15-21(19)28)27(4,18-32(22)30-23)25(34)29-20-13-8-6-5-7-9-14-20/h10-12,15-16,20H,5-9,13-14,17-18H2,1-4H3,(H,29,34). The van der Waals surface area contributed by atoms with E-state index >= 15 is 0 Å². The Hall–Kier alpha value is -2.34. The van der Waals surface area contributed by atoms with Crippen LogP contribution in [0, 0.1) is 0 Å². The molecule has 1 aromatic heterocycles. The zero-order chi connectivity index (χ0) is 24.5. The molecule has 7 heteroatoms. The lowest BCUT2D eigenvalue weighted by Crippen LogP contribution is -2.64. The number of fused-ring (bicyclic) bond motifs is 1. The first-order valence-corrected chi connectivity index (χ1v) is 12.9. The molecule has 1 saturated carbocycles. The molecule has 1 unspecified atom stereocenters. The summed E-state index contributed by atoms with van der Waals surface area (Å²) in [4.78, 5) is 29.4. The van der Waals surface area contributed by atoms with Gasteiger partial charge in [0, 0.05) is 23.0 Å². The van der Waals surface area contributed by atoms with Crippen LogP contribution in [-0.2, 0) is 23.3 Å². The third-order valence-electron chi connectivity index (χ3n) is 7.28. The molecule has 1 aromatic carbocycles. The molecule has 0 bridgehead atoms. The highest BCUT2D eigenvalue weighted by Crippen LogP contribution is 2.33. The van der Waals surface area contributed by atoms with Gasteiger partial charge >= 0.3 is 0 Å². The van der Waals surface area contributed by atoms with Gasteiger partial charge in [0.1, 0.15) is 11.2 Å². The monoisotopic (exact) mass is 484 g/mol. The normalized spacial score (nSPS) is 22.1. The summed E-state index contributed by atoms with van der Waals surface area (Å²) < 4.78 is 1.73. The van der Waals surface area contributed by atoms with E-state index in [9.17, 15) is 9.59 Å². The van der Waals surface area contributed by atoms with Gasteiger partial charge in [0.25, 0.3) is 5.91 Å². The minimum absolute atomic E-state index is 0.114. The number of aromatic nitrogens is 2. The van der Waals surface area contributed by atoms with Gasteiger partial charge in [-0.05, 0) is 37.5 Å². The molecule has 0 spiro atoms. The largest absolute Gasteiger partial charge is 0.351 e. The molecule has 2 aliphatic rings. The average Bonchev–Trinajstić information content (AvgIpc) is 3.18. The van der Waals surface area contributed by atoms with Crippen molar-refractivity contribution >= 4 is 23.4 Å². The Bertz CT molecular complexity index is 1050. The number of nitrogens with zero attached hydrogens (tertiary/aromatic N) is 3. The van der Waals surface area contributed by atoms with Crippen molar-refractivity contribution in [2.75, 3.05) is 0 Å². The third kappa shape index (κ3) is 5.02. The molecule has 2 aromatic rings. The highest BCUT2D eigenvalue weighted by molar-refractivity contribution is 6.31. The molecule has 1 atom stereocenters. The molecule has 34 heavy (non-hydrogen) atoms. The Morgan fingerprint density at radius 2 is 1.79 bits per heavy atom. The van der Waals surface area contributed by atoms with Crippen LogP contribution in [0.4, 0.5) is 0 Å². The molecule has 184 valence electrons. The number of nitrogens with one attached hydrogen (secondary N) is 1. The van der Waals surface area contributed by atoms with Crippen molar-refractivity contribution in [3.05, 3.63) is 52.3 Å². The predicted octanol–water partition coefficient (Wildman–Crippen LogP) is 5.48. The molecule has 4 rings (SSSR count). The van der Waals surface area contributed by atoms with Gasteiger partial charge in [-0.1, -0.05) is 82.7 Å². The second-order valence-electron chi connectivity index (χ2n) is 11.1. The molecule has 1 aliphatic heterocycles. The van der Waals surface area contributed by atoms with Crippen molar-refractivity contribution in [2.24, 2.45) is 0 Å². The first-order chi connectivity index (χ1) is 16.1. The SMILES string of the molecule is CC(C)(C)c1cc2n(n1)CC(C)(C(=O)NC1CCCCCCC1)N(Cc1ccccc1Cl)C2=O. The number of rotatable bonds is 4. The zero-order valence-corrected chi connectivity index (χ0v) is 21.6. The summed E-state index contributed by atoms with van der Waals surface area (Å²) in [5.41, 5.74) is 0.917. The lowest BCUT2D eigenvalue weighted by atomic mass is 9.91. The summed E-state index contributed by atoms with van der Waals surface area (Å²) in [7, 11) is 0. The van der Waals surface area contributed by atoms with E-state index in [2.05, 4.69) is 26.1 Å². The van der Waals surface area contributed by atoms with Crippen molar-refractivity contribution in [2.45, 2.75) is 103 Å². The van der Waals surface area contributed by atoms with E-state index in [1.807, 2.05) is 37.3 Å². The van der Waals surface area contributed by atoms with Crippen LogP contribution in [0.15, 0.2) is 30.3 Å². The molecule has 6 nitrogen and oxygen atoms in total. The maximum absolute atomic E-state index is 13.9. The summed E-state index contributed by atoms with van der Waals surface area (Å²) in [6.07, 6.45) is 7.93. The van der Waals surface area contributed by atoms with E-state index in [0.717, 1.165) is 36.9 Å². The van der Waals surface area contributed by atoms with Gasteiger partial charge in [-0.25, -0.2) is 0 Å². The van der Waals surface area contributed by atoms with Crippen LogP contribution in [0.25, 0.3) is 0 Å². The van der Waals surface area contributed by atoms with Crippen LogP contribution in [0.3, 0.4) is 0 Å². The lowest BCUT2D eigenvalue weighted by Gasteiger charge is -2.44. The van der Waals surface area contributed by atoms with E-state index in [-0.39, 0.29) is 29.8 Å². The van der Waals surface area contributed by atoms with E-state index < -0.39 is 5.54 Å². The topological polar surface area (TPSA) is 67.2 Å². The zero-order valence-electron chi connectivity index (χ0n) is 20.9. The second kappa shape index (κ2) is 9.73. The quantitative estimate of drug-likeness (QED) is 0.625. The van der Waals surface area contributed by atoms with Gasteiger partial charge < -0.3 is 10.2 Å². The lowest BCUT2D eigenvalue weighted by molar-refractivity contribution is -0.134. The van der Waals surface area contributed by atoms with Gasteiger partial charge in [-0.2, -0.15) is 5.10 Å².